The van der Waals surface area contributed by atoms with Gasteiger partial charge in [0.15, 0.2) is 0 Å². The van der Waals surface area contributed by atoms with Gasteiger partial charge in [-0.15, -0.1) is 11.3 Å². The number of carbonyl (C=O) groups excluding carboxylic acids is 1. The van der Waals surface area contributed by atoms with Gasteiger partial charge in [0, 0.05) is 29.4 Å². The van der Waals surface area contributed by atoms with E-state index in [2.05, 4.69) is 23.8 Å². The Hall–Kier alpha value is -0.910. The summed E-state index contributed by atoms with van der Waals surface area (Å²) in [6.45, 7) is 5.55. The number of aryl methyl sites for hydroxylation is 1. The number of thiophene rings is 1. The Labute approximate surface area is 131 Å². The van der Waals surface area contributed by atoms with E-state index in [0.717, 1.165) is 44.5 Å². The molecule has 1 aliphatic rings. The van der Waals surface area contributed by atoms with Crippen LogP contribution in [-0.4, -0.2) is 56.6 Å². The summed E-state index contributed by atoms with van der Waals surface area (Å²) >= 11 is 1.79. The number of carbonyl (C=O) groups is 1. The molecule has 0 bridgehead atoms. The minimum Gasteiger partial charge on any atom is -0.462 e. The van der Waals surface area contributed by atoms with Crippen LogP contribution in [0.4, 0.5) is 0 Å². The van der Waals surface area contributed by atoms with Crippen molar-refractivity contribution in [2.75, 3.05) is 40.8 Å². The molecule has 0 N–H and O–H groups in total. The molecule has 0 unspecified atom stereocenters. The van der Waals surface area contributed by atoms with Gasteiger partial charge in [-0.05, 0) is 46.0 Å². The molecular formula is C16H26N2O2S. The quantitative estimate of drug-likeness (QED) is 0.597. The Kier molecular flexibility index (Phi) is 5.79. The standard InChI is InChI=1S/C16H26N2O2S/c1-5-13-15(16(19)20-10-6-8-17(2)3)12-7-9-18(4)11-14(12)21-13/h5-11H2,1-4H3. The highest BCUT2D eigenvalue weighted by atomic mass is 32.1. The molecule has 21 heavy (non-hydrogen) atoms. The van der Waals surface area contributed by atoms with E-state index in [1.165, 1.54) is 15.3 Å². The third-order valence-corrected chi connectivity index (χ3v) is 5.19. The molecule has 0 amide bonds. The molecule has 0 atom stereocenters. The fraction of sp³-hybridized carbons (Fsp3) is 0.688. The zero-order valence-electron chi connectivity index (χ0n) is 13.6. The number of hydrogen-bond acceptors (Lipinski definition) is 5. The van der Waals surface area contributed by atoms with E-state index in [1.54, 1.807) is 11.3 Å². The molecule has 2 heterocycles. The molecular weight excluding hydrogens is 284 g/mol. The van der Waals surface area contributed by atoms with Crippen LogP contribution in [0.1, 0.15) is 39.0 Å². The number of ether oxygens (including phenoxy) is 1. The highest BCUT2D eigenvalue weighted by Gasteiger charge is 2.26. The SMILES string of the molecule is CCc1sc2c(c1C(=O)OCCCN(C)C)CCN(C)C2. The van der Waals surface area contributed by atoms with Gasteiger partial charge < -0.3 is 14.5 Å². The fourth-order valence-electron chi connectivity index (χ4n) is 2.69. The van der Waals surface area contributed by atoms with E-state index in [4.69, 9.17) is 4.74 Å². The number of nitrogens with zero attached hydrogens (tertiary/aromatic N) is 2. The Morgan fingerprint density at radius 3 is 2.86 bits per heavy atom. The normalized spacial score (nSPS) is 15.3. The van der Waals surface area contributed by atoms with Crippen LogP contribution < -0.4 is 0 Å². The molecule has 4 nitrogen and oxygen atoms in total. The first-order chi connectivity index (χ1) is 10.0. The zero-order chi connectivity index (χ0) is 15.4. The third kappa shape index (κ3) is 4.05. The van der Waals surface area contributed by atoms with E-state index < -0.39 is 0 Å². The molecule has 1 aliphatic heterocycles. The van der Waals surface area contributed by atoms with Crippen LogP contribution in [0.3, 0.4) is 0 Å². The summed E-state index contributed by atoms with van der Waals surface area (Å²) in [5.74, 6) is -0.118. The van der Waals surface area contributed by atoms with Gasteiger partial charge in [0.2, 0.25) is 0 Å². The fourth-order valence-corrected chi connectivity index (χ4v) is 4.05. The molecule has 0 spiro atoms. The van der Waals surface area contributed by atoms with Gasteiger partial charge in [-0.3, -0.25) is 0 Å². The van der Waals surface area contributed by atoms with Crippen LogP contribution in [0.25, 0.3) is 0 Å². The van der Waals surface area contributed by atoms with Gasteiger partial charge in [0.1, 0.15) is 0 Å². The van der Waals surface area contributed by atoms with Crippen molar-refractivity contribution in [2.24, 2.45) is 0 Å². The zero-order valence-corrected chi connectivity index (χ0v) is 14.4. The van der Waals surface area contributed by atoms with E-state index in [-0.39, 0.29) is 5.97 Å². The summed E-state index contributed by atoms with van der Waals surface area (Å²) < 4.78 is 5.50. The first kappa shape index (κ1) is 16.5. The van der Waals surface area contributed by atoms with Crippen molar-refractivity contribution in [1.82, 2.24) is 9.80 Å². The molecule has 0 aliphatic carbocycles. The number of esters is 1. The average Bonchev–Trinajstić information content (AvgIpc) is 2.80. The first-order valence-corrected chi connectivity index (χ1v) is 8.48. The summed E-state index contributed by atoms with van der Waals surface area (Å²) in [4.78, 5) is 19.4. The van der Waals surface area contributed by atoms with Crippen LogP contribution in [0, 0.1) is 0 Å². The van der Waals surface area contributed by atoms with Gasteiger partial charge in [-0.1, -0.05) is 6.92 Å². The number of rotatable bonds is 6. The van der Waals surface area contributed by atoms with Crippen molar-refractivity contribution in [3.63, 3.8) is 0 Å². The predicted octanol–water partition coefficient (Wildman–Crippen LogP) is 2.41. The summed E-state index contributed by atoms with van der Waals surface area (Å²) in [5, 5.41) is 0. The molecule has 1 aromatic rings. The second kappa shape index (κ2) is 7.38. The molecule has 0 radical (unpaired) electrons. The molecule has 0 saturated heterocycles. The molecule has 5 heteroatoms. The van der Waals surface area contributed by atoms with Crippen molar-refractivity contribution < 1.29 is 9.53 Å². The van der Waals surface area contributed by atoms with Gasteiger partial charge >= 0.3 is 5.97 Å². The van der Waals surface area contributed by atoms with Gasteiger partial charge in [0.05, 0.1) is 12.2 Å². The average molecular weight is 310 g/mol. The van der Waals surface area contributed by atoms with Crippen molar-refractivity contribution in [1.29, 1.82) is 0 Å². The largest absolute Gasteiger partial charge is 0.462 e. The van der Waals surface area contributed by atoms with Crippen LogP contribution in [0.15, 0.2) is 0 Å². The minimum absolute atomic E-state index is 0.118. The van der Waals surface area contributed by atoms with Crippen molar-refractivity contribution in [3.8, 4) is 0 Å². The van der Waals surface area contributed by atoms with Crippen molar-refractivity contribution in [3.05, 3.63) is 20.9 Å². The molecule has 0 saturated carbocycles. The van der Waals surface area contributed by atoms with Crippen LogP contribution in [0.5, 0.6) is 0 Å². The van der Waals surface area contributed by atoms with Crippen LogP contribution in [-0.2, 0) is 24.1 Å². The van der Waals surface area contributed by atoms with E-state index in [0.29, 0.717) is 6.61 Å². The summed E-state index contributed by atoms with van der Waals surface area (Å²) in [7, 11) is 6.19. The number of hydrogen-bond donors (Lipinski definition) is 0. The molecule has 2 rings (SSSR count). The highest BCUT2D eigenvalue weighted by Crippen LogP contribution is 2.33. The maximum atomic E-state index is 12.4. The number of likely N-dealkylation sites (N-methyl/N-ethyl adjacent to an activating group) is 1. The maximum Gasteiger partial charge on any atom is 0.339 e. The Morgan fingerprint density at radius 1 is 1.43 bits per heavy atom. The smallest absolute Gasteiger partial charge is 0.339 e. The van der Waals surface area contributed by atoms with Gasteiger partial charge in [-0.2, -0.15) is 0 Å². The maximum absolute atomic E-state index is 12.4. The van der Waals surface area contributed by atoms with E-state index >= 15 is 0 Å². The van der Waals surface area contributed by atoms with E-state index in [9.17, 15) is 4.79 Å². The first-order valence-electron chi connectivity index (χ1n) is 7.66. The Bertz CT molecular complexity index is 497. The summed E-state index contributed by atoms with van der Waals surface area (Å²) in [6, 6.07) is 0. The topological polar surface area (TPSA) is 32.8 Å². The monoisotopic (exact) mass is 310 g/mol. The summed E-state index contributed by atoms with van der Waals surface area (Å²) in [5.41, 5.74) is 2.11. The lowest BCUT2D eigenvalue weighted by Crippen LogP contribution is -2.26. The molecule has 1 aromatic heterocycles. The predicted molar refractivity (Wildman–Crippen MR) is 87.2 cm³/mol. The minimum atomic E-state index is -0.118. The van der Waals surface area contributed by atoms with Gasteiger partial charge in [-0.25, -0.2) is 4.79 Å². The van der Waals surface area contributed by atoms with Crippen molar-refractivity contribution in [2.45, 2.75) is 32.7 Å². The second-order valence-electron chi connectivity index (χ2n) is 5.94. The Morgan fingerprint density at radius 2 is 2.19 bits per heavy atom. The number of fused-ring (bicyclic) bond motifs is 1. The molecule has 0 aromatic carbocycles. The second-order valence-corrected chi connectivity index (χ2v) is 7.13. The Balaban J connectivity index is 2.06. The lowest BCUT2D eigenvalue weighted by atomic mass is 10.0. The van der Waals surface area contributed by atoms with Gasteiger partial charge in [0.25, 0.3) is 0 Å². The van der Waals surface area contributed by atoms with E-state index in [1.807, 2.05) is 14.1 Å². The highest BCUT2D eigenvalue weighted by molar-refractivity contribution is 7.12. The van der Waals surface area contributed by atoms with Crippen LogP contribution >= 0.6 is 11.3 Å². The lowest BCUT2D eigenvalue weighted by molar-refractivity contribution is 0.0491. The molecule has 118 valence electrons. The third-order valence-electron chi connectivity index (χ3n) is 3.83. The summed E-state index contributed by atoms with van der Waals surface area (Å²) in [6.07, 6.45) is 2.75. The lowest BCUT2D eigenvalue weighted by Gasteiger charge is -2.22. The van der Waals surface area contributed by atoms with Crippen molar-refractivity contribution >= 4 is 17.3 Å². The molecule has 0 fully saturated rings. The van der Waals surface area contributed by atoms with Crippen LogP contribution in [0.2, 0.25) is 0 Å².